The van der Waals surface area contributed by atoms with E-state index >= 15 is 0 Å². The molecule has 2 aromatic rings. The molecule has 10 heteroatoms. The number of thiophene rings is 1. The third kappa shape index (κ3) is 3.24. The normalized spacial score (nSPS) is 19.6. The van der Waals surface area contributed by atoms with Crippen molar-refractivity contribution in [1.29, 1.82) is 0 Å². The lowest BCUT2D eigenvalue weighted by Gasteiger charge is -2.29. The van der Waals surface area contributed by atoms with Crippen LogP contribution < -0.4 is 11.1 Å². The summed E-state index contributed by atoms with van der Waals surface area (Å²) in [5.41, 5.74) is 6.55. The number of hydrogen-bond donors (Lipinski definition) is 2. The number of fused-ring (bicyclic) bond motifs is 1. The van der Waals surface area contributed by atoms with Crippen molar-refractivity contribution >= 4 is 33.2 Å². The van der Waals surface area contributed by atoms with Crippen molar-refractivity contribution < 1.29 is 13.2 Å². The van der Waals surface area contributed by atoms with Gasteiger partial charge in [-0.05, 0) is 23.4 Å². The van der Waals surface area contributed by atoms with Crippen molar-refractivity contribution in [2.75, 3.05) is 19.3 Å². The summed E-state index contributed by atoms with van der Waals surface area (Å²) in [6.45, 7) is 4.06. The summed E-state index contributed by atoms with van der Waals surface area (Å²) in [5.74, 6) is -0.267. The first-order valence-corrected chi connectivity index (χ1v) is 10.0. The Morgan fingerprint density at radius 3 is 2.84 bits per heavy atom. The Bertz CT molecular complexity index is 923. The molecule has 0 aliphatic carbocycles. The second-order valence-corrected chi connectivity index (χ2v) is 9.11. The quantitative estimate of drug-likeness (QED) is 0.828. The first-order chi connectivity index (χ1) is 11.7. The molecule has 2 aromatic heterocycles. The van der Waals surface area contributed by atoms with Gasteiger partial charge in [0.2, 0.25) is 16.0 Å². The van der Waals surface area contributed by atoms with Gasteiger partial charge in [0, 0.05) is 24.2 Å². The molecule has 0 radical (unpaired) electrons. The van der Waals surface area contributed by atoms with Crippen molar-refractivity contribution in [1.82, 2.24) is 19.6 Å². The number of hydrogen-bond acceptors (Lipinski definition) is 7. The monoisotopic (exact) mass is 381 g/mol. The van der Waals surface area contributed by atoms with E-state index in [4.69, 9.17) is 5.73 Å². The van der Waals surface area contributed by atoms with Gasteiger partial charge in [-0.1, -0.05) is 13.8 Å². The van der Waals surface area contributed by atoms with Gasteiger partial charge < -0.3 is 11.1 Å². The highest BCUT2D eigenvalue weighted by molar-refractivity contribution is 7.89. The first kappa shape index (κ1) is 17.8. The van der Waals surface area contributed by atoms with Crippen molar-refractivity contribution in [3.63, 3.8) is 0 Å². The van der Waals surface area contributed by atoms with Crippen LogP contribution in [0.25, 0.3) is 0 Å². The van der Waals surface area contributed by atoms with Crippen molar-refractivity contribution in [3.05, 3.63) is 33.8 Å². The molecule has 1 atom stereocenters. The molecule has 3 N–H and O–H groups in total. The van der Waals surface area contributed by atoms with E-state index in [-0.39, 0.29) is 29.0 Å². The number of nitrogens with two attached hydrogens (primary N) is 1. The van der Waals surface area contributed by atoms with Crippen LogP contribution in [0.15, 0.2) is 22.4 Å². The highest BCUT2D eigenvalue weighted by atomic mass is 32.2. The summed E-state index contributed by atoms with van der Waals surface area (Å²) >= 11 is 1.31. The van der Waals surface area contributed by atoms with E-state index < -0.39 is 22.0 Å². The second kappa shape index (κ2) is 6.36. The summed E-state index contributed by atoms with van der Waals surface area (Å²) in [5, 5.41) is 4.57. The van der Waals surface area contributed by atoms with Crippen molar-refractivity contribution in [2.45, 2.75) is 30.7 Å². The molecule has 1 amide bonds. The van der Waals surface area contributed by atoms with Crippen LogP contribution in [0.3, 0.4) is 0 Å². The predicted molar refractivity (Wildman–Crippen MR) is 94.9 cm³/mol. The van der Waals surface area contributed by atoms with E-state index in [9.17, 15) is 13.2 Å². The Hall–Kier alpha value is -2.04. The molecule has 0 saturated heterocycles. The Balaban J connectivity index is 1.90. The molecule has 25 heavy (non-hydrogen) atoms. The van der Waals surface area contributed by atoms with Gasteiger partial charge in [-0.3, -0.25) is 4.79 Å². The molecule has 3 heterocycles. The molecule has 1 aliphatic heterocycles. The number of anilines is 1. The van der Waals surface area contributed by atoms with Crippen LogP contribution in [0.4, 0.5) is 5.95 Å². The van der Waals surface area contributed by atoms with Gasteiger partial charge in [-0.15, -0.1) is 11.3 Å². The number of nitrogens with zero attached hydrogens (tertiary/aromatic N) is 3. The van der Waals surface area contributed by atoms with Gasteiger partial charge >= 0.3 is 0 Å². The number of rotatable bonds is 3. The molecular formula is C15H19N5O3S2. The maximum Gasteiger partial charge on any atom is 0.270 e. The predicted octanol–water partition coefficient (Wildman–Crippen LogP) is 1.35. The van der Waals surface area contributed by atoms with E-state index in [2.05, 4.69) is 15.3 Å². The zero-order chi connectivity index (χ0) is 18.4. The van der Waals surface area contributed by atoms with Gasteiger partial charge in [0.1, 0.15) is 5.69 Å². The standard InChI is InChI=1S/C15H19N5O3S2/c1-8(2)9-6-10(19-15(16)18-9)14(21)17-11-7-20(3)25(22,23)12-4-5-24-13(11)12/h4-6,8,11H,7H2,1-3H3,(H,17,21)(H2,16,18,19). The lowest BCUT2D eigenvalue weighted by atomic mass is 10.1. The minimum atomic E-state index is -3.49. The van der Waals surface area contributed by atoms with Gasteiger partial charge in [0.05, 0.1) is 10.9 Å². The Morgan fingerprint density at radius 1 is 1.44 bits per heavy atom. The molecule has 0 bridgehead atoms. The van der Waals surface area contributed by atoms with Crippen LogP contribution >= 0.6 is 11.3 Å². The van der Waals surface area contributed by atoms with Crippen LogP contribution in [0.5, 0.6) is 0 Å². The summed E-state index contributed by atoms with van der Waals surface area (Å²) in [7, 11) is -1.99. The smallest absolute Gasteiger partial charge is 0.270 e. The summed E-state index contributed by atoms with van der Waals surface area (Å²) in [4.78, 5) is 21.6. The van der Waals surface area contributed by atoms with Crippen molar-refractivity contribution in [2.24, 2.45) is 0 Å². The van der Waals surface area contributed by atoms with E-state index in [0.29, 0.717) is 10.6 Å². The van der Waals surface area contributed by atoms with Gasteiger partial charge in [0.25, 0.3) is 5.91 Å². The lowest BCUT2D eigenvalue weighted by molar-refractivity contribution is 0.0926. The van der Waals surface area contributed by atoms with Crippen molar-refractivity contribution in [3.8, 4) is 0 Å². The van der Waals surface area contributed by atoms with E-state index in [1.807, 2.05) is 13.8 Å². The average molecular weight is 381 g/mol. The molecular weight excluding hydrogens is 362 g/mol. The second-order valence-electron chi connectivity index (χ2n) is 6.15. The minimum absolute atomic E-state index is 0.0384. The molecule has 8 nitrogen and oxygen atoms in total. The zero-order valence-electron chi connectivity index (χ0n) is 14.1. The number of sulfonamides is 1. The fraction of sp³-hybridized carbons (Fsp3) is 0.400. The number of aromatic nitrogens is 2. The molecule has 3 rings (SSSR count). The number of carbonyl (C=O) groups is 1. The van der Waals surface area contributed by atoms with Crippen LogP contribution in [0.1, 0.15) is 46.9 Å². The summed E-state index contributed by atoms with van der Waals surface area (Å²) in [6, 6.07) is 2.73. The number of likely N-dealkylation sites (N-methyl/N-ethyl adjacent to an activating group) is 1. The molecule has 134 valence electrons. The van der Waals surface area contributed by atoms with Gasteiger partial charge in [-0.25, -0.2) is 18.4 Å². The molecule has 1 unspecified atom stereocenters. The molecule has 0 saturated carbocycles. The number of nitrogen functional groups attached to an aromatic ring is 1. The zero-order valence-corrected chi connectivity index (χ0v) is 15.7. The molecule has 1 aliphatic rings. The highest BCUT2D eigenvalue weighted by Gasteiger charge is 2.36. The first-order valence-electron chi connectivity index (χ1n) is 7.69. The Kier molecular flexibility index (Phi) is 4.52. The number of amides is 1. The van der Waals surface area contributed by atoms with E-state index in [1.54, 1.807) is 17.5 Å². The third-order valence-electron chi connectivity index (χ3n) is 3.99. The van der Waals surface area contributed by atoms with E-state index in [0.717, 1.165) is 0 Å². The summed E-state index contributed by atoms with van der Waals surface area (Å²) < 4.78 is 25.9. The van der Waals surface area contributed by atoms with Crippen LogP contribution in [-0.2, 0) is 10.0 Å². The topological polar surface area (TPSA) is 118 Å². The van der Waals surface area contributed by atoms with Crippen LogP contribution in [0.2, 0.25) is 0 Å². The fourth-order valence-corrected chi connectivity index (χ4v) is 5.32. The maximum absolute atomic E-state index is 12.6. The molecule has 0 fully saturated rings. The largest absolute Gasteiger partial charge is 0.368 e. The third-order valence-corrected chi connectivity index (χ3v) is 7.04. The minimum Gasteiger partial charge on any atom is -0.368 e. The fourth-order valence-electron chi connectivity index (χ4n) is 2.62. The maximum atomic E-state index is 12.6. The van der Waals surface area contributed by atoms with Crippen LogP contribution in [-0.4, -0.2) is 42.2 Å². The molecule has 0 aromatic carbocycles. The van der Waals surface area contributed by atoms with Gasteiger partial charge in [-0.2, -0.15) is 4.31 Å². The Labute approximate surface area is 150 Å². The lowest BCUT2D eigenvalue weighted by Crippen LogP contribution is -2.43. The molecule has 0 spiro atoms. The SMILES string of the molecule is CC(C)c1cc(C(=O)NC2CN(C)S(=O)(=O)c3ccsc32)nc(N)n1. The summed E-state index contributed by atoms with van der Waals surface area (Å²) in [6.07, 6.45) is 0. The van der Waals surface area contributed by atoms with E-state index in [1.165, 1.54) is 22.7 Å². The number of nitrogens with one attached hydrogen (secondary N) is 1. The van der Waals surface area contributed by atoms with Crippen LogP contribution in [0, 0.1) is 0 Å². The highest BCUT2D eigenvalue weighted by Crippen LogP contribution is 2.35. The number of carbonyl (C=O) groups excluding carboxylic acids is 1. The Morgan fingerprint density at radius 2 is 2.16 bits per heavy atom. The van der Waals surface area contributed by atoms with Gasteiger partial charge in [0.15, 0.2) is 0 Å². The average Bonchev–Trinajstić information content (AvgIpc) is 3.03.